The Labute approximate surface area is 581 Å². The van der Waals surface area contributed by atoms with Gasteiger partial charge in [0.2, 0.25) is 0 Å². The number of allylic oxidation sites excluding steroid dienone is 4. The molecular weight excluding hydrogens is 1310 g/mol. The number of nitrogens with zero attached hydrogens (tertiary/aromatic N) is 3. The van der Waals surface area contributed by atoms with E-state index in [0.717, 1.165) is 103 Å². The number of hydrogen-bond donors (Lipinski definition) is 5. The van der Waals surface area contributed by atoms with Crippen LogP contribution in [0.25, 0.3) is 0 Å². The van der Waals surface area contributed by atoms with Crippen LogP contribution in [0, 0.1) is 140 Å². The largest absolute Gasteiger partial charge is 3.00 e. The fraction of sp³-hybridized carbons (Fsp3) is 0.851. The summed E-state index contributed by atoms with van der Waals surface area (Å²) in [4.78, 5) is 96.1. The Kier molecular flexibility index (Phi) is 20.2. The molecule has 0 spiro atoms. The van der Waals surface area contributed by atoms with Gasteiger partial charge in [-0.25, -0.2) is 0 Å². The number of rotatable bonds is 20. The van der Waals surface area contributed by atoms with Crippen LogP contribution in [-0.2, 0) is 43.0 Å². The number of esters is 2. The second kappa shape index (κ2) is 25.4. The second-order valence-corrected chi connectivity index (χ2v) is 35.9. The van der Waals surface area contributed by atoms with Crippen molar-refractivity contribution in [2.75, 3.05) is 58.9 Å². The van der Waals surface area contributed by atoms with Gasteiger partial charge in [0, 0.05) is 37.0 Å². The molecule has 0 aliphatic heterocycles. The SMILES string of the molecule is CC1(C)CC[C@]2(C(=O)O)CC[C@]3(C)C(=CC[C@@H]4[C@@]5(C)CC[C@H](OC(=O)CN(CCN(CCN(CC(=O)O)CC(=O)O[C@H]6CC[C@]7(C)[C@H]8CC=C9[C@@H]%10CC(C)(C)CC[C@]%10(C(=O)O)CC[C@@]9(C)[C@]8(C)CC[C@H]7C6(C)C)CC(=O)O)CC(=O)O)C(C)(C)[C@@H]5CC[C@]43C)[C@@H]2C1.[Gd+3]. The smallest absolute Gasteiger partial charge is 0.481 e. The molecule has 8 fully saturated rings. The normalized spacial score (nSPS) is 40.9. The summed E-state index contributed by atoms with van der Waals surface area (Å²) < 4.78 is 12.8. The first kappa shape index (κ1) is 73.2. The minimum atomic E-state index is -1.16. The van der Waals surface area contributed by atoms with E-state index in [9.17, 15) is 59.1 Å². The van der Waals surface area contributed by atoms with Gasteiger partial charge in [0.25, 0.3) is 0 Å². The van der Waals surface area contributed by atoms with E-state index in [1.54, 1.807) is 4.90 Å². The van der Waals surface area contributed by atoms with Gasteiger partial charge in [-0.2, -0.15) is 0 Å². The molecule has 0 amide bonds. The van der Waals surface area contributed by atoms with E-state index >= 15 is 0 Å². The second-order valence-electron chi connectivity index (χ2n) is 35.9. The third kappa shape index (κ3) is 12.3. The molecule has 10 aliphatic carbocycles. The summed E-state index contributed by atoms with van der Waals surface area (Å²) >= 11 is 0. The van der Waals surface area contributed by atoms with Crippen molar-refractivity contribution in [3.63, 3.8) is 0 Å². The number of ether oxygens (including phenoxy) is 2. The average Bonchev–Trinajstić information content (AvgIpc) is 0.684. The molecule has 1 radical (unpaired) electrons. The Morgan fingerprint density at radius 3 is 1.08 bits per heavy atom. The van der Waals surface area contributed by atoms with Gasteiger partial charge in [0.05, 0.1) is 43.6 Å². The van der Waals surface area contributed by atoms with Crippen LogP contribution in [0.5, 0.6) is 0 Å². The van der Waals surface area contributed by atoms with Gasteiger partial charge in [0.1, 0.15) is 12.2 Å². The first-order valence-corrected chi connectivity index (χ1v) is 35.2. The third-order valence-corrected chi connectivity index (χ3v) is 29.8. The minimum absolute atomic E-state index is 0. The quantitative estimate of drug-likeness (QED) is 0.0561. The summed E-state index contributed by atoms with van der Waals surface area (Å²) in [5.74, 6) is -4.64. The van der Waals surface area contributed by atoms with Crippen LogP contribution >= 0.6 is 0 Å². The van der Waals surface area contributed by atoms with Crippen molar-refractivity contribution < 1.29 is 109 Å². The van der Waals surface area contributed by atoms with E-state index < -0.39 is 95.3 Å². The van der Waals surface area contributed by atoms with Crippen LogP contribution in [0.15, 0.2) is 23.3 Å². The Bertz CT molecular complexity index is 2790. The summed E-state index contributed by atoms with van der Waals surface area (Å²) in [6, 6.07) is 0. The average molecular weight is 1430 g/mol. The van der Waals surface area contributed by atoms with E-state index in [1.165, 1.54) is 20.9 Å². The van der Waals surface area contributed by atoms with Crippen LogP contribution in [0.4, 0.5) is 0 Å². The van der Waals surface area contributed by atoms with Crippen molar-refractivity contribution >= 4 is 41.8 Å². The van der Waals surface area contributed by atoms with Gasteiger partial charge in [-0.15, -0.1) is 0 Å². The van der Waals surface area contributed by atoms with Crippen molar-refractivity contribution in [1.82, 2.24) is 14.7 Å². The van der Waals surface area contributed by atoms with E-state index in [4.69, 9.17) is 9.47 Å². The van der Waals surface area contributed by atoms with E-state index in [1.807, 2.05) is 0 Å². The van der Waals surface area contributed by atoms with Gasteiger partial charge in [-0.05, 0) is 207 Å². The number of carboxylic acids is 5. The monoisotopic (exact) mass is 1430 g/mol. The van der Waals surface area contributed by atoms with Crippen molar-refractivity contribution in [2.24, 2.45) is 100 Å². The Morgan fingerprint density at radius 1 is 0.413 bits per heavy atom. The molecule has 0 unspecified atom stereocenters. The minimum Gasteiger partial charge on any atom is -0.481 e. The van der Waals surface area contributed by atoms with Gasteiger partial charge < -0.3 is 35.0 Å². The summed E-state index contributed by atoms with van der Waals surface area (Å²) in [7, 11) is 0. The molecule has 17 nitrogen and oxygen atoms in total. The first-order chi connectivity index (χ1) is 42.1. The predicted molar refractivity (Wildman–Crippen MR) is 345 cm³/mol. The predicted octanol–water partition coefficient (Wildman–Crippen LogP) is 12.7. The molecule has 92 heavy (non-hydrogen) atoms. The number of carbonyl (C=O) groups excluding carboxylic acids is 2. The molecule has 0 bridgehead atoms. The molecule has 10 aliphatic rings. The van der Waals surface area contributed by atoms with E-state index in [-0.39, 0.29) is 146 Å². The Balaban J connectivity index is 0.00001000. The number of carboxylic acid groups (broad SMARTS) is 5. The molecule has 0 saturated heterocycles. The molecule has 5 N–H and O–H groups in total. The molecule has 0 aromatic carbocycles. The topological polar surface area (TPSA) is 249 Å². The Morgan fingerprint density at radius 2 is 0.739 bits per heavy atom. The van der Waals surface area contributed by atoms with Crippen molar-refractivity contribution in [3.05, 3.63) is 23.3 Å². The molecule has 10 rings (SSSR count). The summed E-state index contributed by atoms with van der Waals surface area (Å²) in [6.45, 7) is 30.8. The molecule has 8 saturated carbocycles. The van der Waals surface area contributed by atoms with Gasteiger partial charge >= 0.3 is 81.7 Å². The summed E-state index contributed by atoms with van der Waals surface area (Å²) in [6.07, 6.45) is 21.0. The van der Waals surface area contributed by atoms with Gasteiger partial charge in [-0.1, -0.05) is 120 Å². The number of carbonyl (C=O) groups is 7. The van der Waals surface area contributed by atoms with Crippen LogP contribution in [0.3, 0.4) is 0 Å². The molecule has 0 aromatic heterocycles. The maximum absolute atomic E-state index is 14.1. The van der Waals surface area contributed by atoms with Crippen LogP contribution in [0.1, 0.15) is 225 Å². The first-order valence-electron chi connectivity index (χ1n) is 35.2. The van der Waals surface area contributed by atoms with Gasteiger partial charge in [-0.3, -0.25) is 48.3 Å². The zero-order chi connectivity index (χ0) is 66.9. The van der Waals surface area contributed by atoms with Crippen LogP contribution < -0.4 is 0 Å². The molecule has 0 aromatic rings. The maximum atomic E-state index is 14.1. The molecule has 515 valence electrons. The molecule has 0 heterocycles. The van der Waals surface area contributed by atoms with Crippen LogP contribution in [-0.4, -0.2) is 153 Å². The zero-order valence-corrected chi connectivity index (χ0v) is 60.7. The number of fused-ring (bicyclic) bond motifs is 14. The fourth-order valence-corrected chi connectivity index (χ4v) is 24.2. The fourth-order valence-electron chi connectivity index (χ4n) is 24.2. The van der Waals surface area contributed by atoms with Crippen molar-refractivity contribution in [3.8, 4) is 0 Å². The number of hydrogen-bond acceptors (Lipinski definition) is 12. The standard InChI is InChI=1S/C74H115N3O14.Gd/c1-63(2)27-31-73(61(86)87)33-29-69(11)46(48(73)39-63)15-17-52-67(9)23-21-54(65(5,6)50(67)19-25-71(52,69)13)90-59(84)44-76(42-57(80)81)37-35-75(41-56(78)79)36-38-77(43-58(82)83)45-60(85)91-55-22-24-68(10)51(66(55,7)8)20-26-72(14)53(68)18-16-47-49-40-64(3,4)28-32-74(49,62(88)89)34-30-70(47,72)12;/h15-16,48-55H,17-45H2,1-14H3,(H,78,79)(H,80,81)(H,82,83)(H,86,87)(H,88,89);/q;+3/t48-,49-,50-,51-,52+,53+,54-,55-,67-,68-,69+,70+,71+,72+,73-,74-;/m0./s1. The molecule has 16 atom stereocenters. The molecule has 18 heteroatoms. The van der Waals surface area contributed by atoms with Crippen molar-refractivity contribution in [2.45, 2.75) is 238 Å². The van der Waals surface area contributed by atoms with Crippen molar-refractivity contribution in [1.29, 1.82) is 0 Å². The third-order valence-electron chi connectivity index (χ3n) is 29.8. The summed E-state index contributed by atoms with van der Waals surface area (Å²) in [5, 5.41) is 51.9. The van der Waals surface area contributed by atoms with E-state index in [2.05, 4.69) is 109 Å². The zero-order valence-electron chi connectivity index (χ0n) is 58.4. The van der Waals surface area contributed by atoms with Crippen LogP contribution in [0.2, 0.25) is 0 Å². The Hall–Kier alpha value is -3.03. The van der Waals surface area contributed by atoms with Gasteiger partial charge in [0.15, 0.2) is 0 Å². The maximum Gasteiger partial charge on any atom is 3.00 e. The summed E-state index contributed by atoms with van der Waals surface area (Å²) in [5.41, 5.74) is 0.199. The van der Waals surface area contributed by atoms with E-state index in [0.29, 0.717) is 37.5 Å². The number of aliphatic carboxylic acids is 5. The molecular formula is C74H115GdN3O14+3.